The number of rotatable bonds is 1. The minimum atomic E-state index is 0.470. The van der Waals surface area contributed by atoms with Crippen LogP contribution < -0.4 is 0 Å². The normalized spacial score (nSPS) is 14.3. The molecule has 0 spiro atoms. The lowest BCUT2D eigenvalue weighted by atomic mass is 10.1. The van der Waals surface area contributed by atoms with Crippen LogP contribution in [-0.4, -0.2) is 21.6 Å². The zero-order valence-electron chi connectivity index (χ0n) is 9.98. The topological polar surface area (TPSA) is 47.9 Å². The van der Waals surface area contributed by atoms with Gasteiger partial charge in [0.1, 0.15) is 10.8 Å². The molecule has 3 rings (SSSR count). The Labute approximate surface area is 110 Å². The van der Waals surface area contributed by atoms with Crippen molar-refractivity contribution >= 4 is 11.6 Å². The molecular formula is C13H12ClN3O. The molecule has 4 nitrogen and oxygen atoms in total. The standard InChI is InChI=1S/C13H12ClN3O/c1-8-2-3-11(15-6-8)13-16-10-4-5-18-7-9(10)12(14)17-13/h2-3,6H,4-5,7H2,1H3. The third-order valence-corrected chi connectivity index (χ3v) is 3.22. The Morgan fingerprint density at radius 3 is 2.94 bits per heavy atom. The number of pyridine rings is 1. The Morgan fingerprint density at radius 1 is 1.28 bits per heavy atom. The van der Waals surface area contributed by atoms with Crippen molar-refractivity contribution in [2.45, 2.75) is 20.0 Å². The van der Waals surface area contributed by atoms with E-state index in [1.807, 2.05) is 19.1 Å². The van der Waals surface area contributed by atoms with Crippen molar-refractivity contribution in [3.8, 4) is 11.5 Å². The van der Waals surface area contributed by atoms with E-state index < -0.39 is 0 Å². The first-order valence-corrected chi connectivity index (χ1v) is 6.18. The van der Waals surface area contributed by atoms with E-state index in [1.54, 1.807) is 6.20 Å². The van der Waals surface area contributed by atoms with Crippen molar-refractivity contribution in [3.63, 3.8) is 0 Å². The van der Waals surface area contributed by atoms with Gasteiger partial charge in [-0.2, -0.15) is 0 Å². The van der Waals surface area contributed by atoms with Crippen molar-refractivity contribution in [3.05, 3.63) is 40.3 Å². The molecule has 0 N–H and O–H groups in total. The maximum Gasteiger partial charge on any atom is 0.179 e. The van der Waals surface area contributed by atoms with E-state index >= 15 is 0 Å². The molecule has 3 heterocycles. The summed E-state index contributed by atoms with van der Waals surface area (Å²) in [6, 6.07) is 3.90. The summed E-state index contributed by atoms with van der Waals surface area (Å²) in [6.45, 7) is 3.17. The van der Waals surface area contributed by atoms with Crippen LogP contribution in [0.15, 0.2) is 18.3 Å². The first-order valence-electron chi connectivity index (χ1n) is 5.80. The number of fused-ring (bicyclic) bond motifs is 1. The summed E-state index contributed by atoms with van der Waals surface area (Å²) in [4.78, 5) is 13.2. The van der Waals surface area contributed by atoms with Crippen LogP contribution in [0.25, 0.3) is 11.5 Å². The lowest BCUT2D eigenvalue weighted by molar-refractivity contribution is 0.109. The highest BCUT2D eigenvalue weighted by Gasteiger charge is 2.18. The summed E-state index contributed by atoms with van der Waals surface area (Å²) in [5, 5.41) is 0.470. The lowest BCUT2D eigenvalue weighted by Crippen LogP contribution is -2.14. The summed E-state index contributed by atoms with van der Waals surface area (Å²) in [5.74, 6) is 0.584. The molecule has 0 aliphatic carbocycles. The van der Waals surface area contributed by atoms with Crippen molar-refractivity contribution in [2.24, 2.45) is 0 Å². The molecule has 5 heteroatoms. The van der Waals surface area contributed by atoms with Crippen LogP contribution in [0.5, 0.6) is 0 Å². The average molecular weight is 262 g/mol. The van der Waals surface area contributed by atoms with Gasteiger partial charge in [-0.1, -0.05) is 17.7 Å². The summed E-state index contributed by atoms with van der Waals surface area (Å²) in [6.07, 6.45) is 2.57. The van der Waals surface area contributed by atoms with Gasteiger partial charge in [-0.25, -0.2) is 9.97 Å². The van der Waals surface area contributed by atoms with E-state index in [0.717, 1.165) is 28.9 Å². The maximum absolute atomic E-state index is 6.17. The van der Waals surface area contributed by atoms with E-state index in [4.69, 9.17) is 16.3 Å². The second-order valence-corrected chi connectivity index (χ2v) is 4.64. The van der Waals surface area contributed by atoms with Gasteiger partial charge in [-0.15, -0.1) is 0 Å². The second-order valence-electron chi connectivity index (χ2n) is 4.29. The first-order chi connectivity index (χ1) is 8.74. The fourth-order valence-corrected chi connectivity index (χ4v) is 2.15. The Balaban J connectivity index is 2.08. The van der Waals surface area contributed by atoms with Gasteiger partial charge in [0, 0.05) is 18.2 Å². The number of hydrogen-bond acceptors (Lipinski definition) is 4. The van der Waals surface area contributed by atoms with Gasteiger partial charge < -0.3 is 4.74 Å². The molecule has 92 valence electrons. The molecule has 0 aromatic carbocycles. The van der Waals surface area contributed by atoms with Crippen LogP contribution in [0.1, 0.15) is 16.8 Å². The number of ether oxygens (including phenoxy) is 1. The van der Waals surface area contributed by atoms with Gasteiger partial charge in [0.25, 0.3) is 0 Å². The van der Waals surface area contributed by atoms with E-state index in [1.165, 1.54) is 0 Å². The van der Waals surface area contributed by atoms with Crippen LogP contribution in [0, 0.1) is 6.92 Å². The molecule has 0 unspecified atom stereocenters. The molecule has 2 aromatic heterocycles. The number of halogens is 1. The molecule has 2 aromatic rings. The van der Waals surface area contributed by atoms with Crippen LogP contribution in [0.2, 0.25) is 5.15 Å². The van der Waals surface area contributed by atoms with Crippen molar-refractivity contribution in [2.75, 3.05) is 6.61 Å². The smallest absolute Gasteiger partial charge is 0.179 e. The first kappa shape index (κ1) is 11.6. The SMILES string of the molecule is Cc1ccc(-c2nc(Cl)c3c(n2)CCOC3)nc1. The van der Waals surface area contributed by atoms with Crippen LogP contribution in [0.4, 0.5) is 0 Å². The van der Waals surface area contributed by atoms with E-state index in [2.05, 4.69) is 15.0 Å². The zero-order chi connectivity index (χ0) is 12.5. The molecule has 18 heavy (non-hydrogen) atoms. The molecule has 0 saturated carbocycles. The number of nitrogens with zero attached hydrogens (tertiary/aromatic N) is 3. The molecule has 1 aliphatic rings. The van der Waals surface area contributed by atoms with Crippen LogP contribution in [-0.2, 0) is 17.8 Å². The Kier molecular flexibility index (Phi) is 2.97. The fraction of sp³-hybridized carbons (Fsp3) is 0.308. The number of aromatic nitrogens is 3. The van der Waals surface area contributed by atoms with Crippen molar-refractivity contribution in [1.29, 1.82) is 0 Å². The Hall–Kier alpha value is -1.52. The number of aryl methyl sites for hydroxylation is 1. The molecule has 0 atom stereocenters. The Morgan fingerprint density at radius 2 is 2.17 bits per heavy atom. The van der Waals surface area contributed by atoms with Gasteiger partial charge in [0.15, 0.2) is 5.82 Å². The third-order valence-electron chi connectivity index (χ3n) is 2.91. The predicted octanol–water partition coefficient (Wildman–Crippen LogP) is 2.57. The highest BCUT2D eigenvalue weighted by molar-refractivity contribution is 6.30. The van der Waals surface area contributed by atoms with Crippen LogP contribution >= 0.6 is 11.6 Å². The Bertz CT molecular complexity index is 584. The highest BCUT2D eigenvalue weighted by atomic mass is 35.5. The molecule has 0 fully saturated rings. The summed E-state index contributed by atoms with van der Waals surface area (Å²) < 4.78 is 5.36. The molecule has 0 bridgehead atoms. The largest absolute Gasteiger partial charge is 0.376 e. The van der Waals surface area contributed by atoms with Gasteiger partial charge in [0.2, 0.25) is 0 Å². The fourth-order valence-electron chi connectivity index (χ4n) is 1.91. The average Bonchev–Trinajstić information content (AvgIpc) is 2.39. The molecule has 0 saturated heterocycles. The summed E-state index contributed by atoms with van der Waals surface area (Å²) >= 11 is 6.17. The lowest BCUT2D eigenvalue weighted by Gasteiger charge is -2.16. The van der Waals surface area contributed by atoms with Crippen molar-refractivity contribution in [1.82, 2.24) is 15.0 Å². The summed E-state index contributed by atoms with van der Waals surface area (Å²) in [5.41, 5.74) is 3.73. The predicted molar refractivity (Wildman–Crippen MR) is 68.4 cm³/mol. The zero-order valence-corrected chi connectivity index (χ0v) is 10.7. The minimum Gasteiger partial charge on any atom is -0.376 e. The van der Waals surface area contributed by atoms with Gasteiger partial charge >= 0.3 is 0 Å². The van der Waals surface area contributed by atoms with Gasteiger partial charge in [0.05, 0.1) is 18.9 Å². The van der Waals surface area contributed by atoms with Crippen molar-refractivity contribution < 1.29 is 4.74 Å². The molecule has 1 aliphatic heterocycles. The summed E-state index contributed by atoms with van der Waals surface area (Å²) in [7, 11) is 0. The monoisotopic (exact) mass is 261 g/mol. The highest BCUT2D eigenvalue weighted by Crippen LogP contribution is 2.25. The minimum absolute atomic E-state index is 0.470. The molecular weight excluding hydrogens is 250 g/mol. The molecule has 0 radical (unpaired) electrons. The second kappa shape index (κ2) is 4.63. The van der Waals surface area contributed by atoms with Gasteiger partial charge in [-0.05, 0) is 18.6 Å². The maximum atomic E-state index is 6.17. The van der Waals surface area contributed by atoms with E-state index in [0.29, 0.717) is 24.2 Å². The van der Waals surface area contributed by atoms with Crippen LogP contribution in [0.3, 0.4) is 0 Å². The number of hydrogen-bond donors (Lipinski definition) is 0. The quantitative estimate of drug-likeness (QED) is 0.741. The third kappa shape index (κ3) is 2.09. The van der Waals surface area contributed by atoms with E-state index in [9.17, 15) is 0 Å². The molecule has 0 amide bonds. The van der Waals surface area contributed by atoms with E-state index in [-0.39, 0.29) is 0 Å². The van der Waals surface area contributed by atoms with Gasteiger partial charge in [-0.3, -0.25) is 4.98 Å².